The topological polar surface area (TPSA) is 165 Å². The summed E-state index contributed by atoms with van der Waals surface area (Å²) in [7, 11) is 3.67. The molecule has 7 aromatic heterocycles. The summed E-state index contributed by atoms with van der Waals surface area (Å²) in [5.41, 5.74) is 5.09. The fourth-order valence-corrected chi connectivity index (χ4v) is 6.71. The van der Waals surface area contributed by atoms with Gasteiger partial charge < -0.3 is 19.4 Å². The van der Waals surface area contributed by atoms with Crippen molar-refractivity contribution in [3.05, 3.63) is 178 Å². The van der Waals surface area contributed by atoms with Crippen LogP contribution >= 0.6 is 11.3 Å². The van der Waals surface area contributed by atoms with Crippen molar-refractivity contribution in [2.75, 3.05) is 10.9 Å². The summed E-state index contributed by atoms with van der Waals surface area (Å²) >= 11 is 1.66. The SMILES string of the molecule is Cc1cccc(/C=C/C2CC=NN2c2nnc(C)n2N)c1.Cn1cccc1C(=O)n1ccc(/C=C/c2ccco2)n1.Cn1cccc1C(=O)n1ccc(/C=C/c2cccs2)n1. The Balaban J connectivity index is 0.000000138. The number of rotatable bonds is 9. The third-order valence-electron chi connectivity index (χ3n) is 9.36. The van der Waals surface area contributed by atoms with E-state index in [1.165, 1.54) is 25.2 Å². The lowest BCUT2D eigenvalue weighted by Gasteiger charge is -2.19. The number of aromatic nitrogens is 9. The quantitative estimate of drug-likeness (QED) is 0.144. The van der Waals surface area contributed by atoms with Gasteiger partial charge in [-0.2, -0.15) is 15.3 Å². The van der Waals surface area contributed by atoms with Gasteiger partial charge in [-0.25, -0.2) is 19.0 Å². The number of nitrogen functional groups attached to an aromatic ring is 1. The van der Waals surface area contributed by atoms with E-state index in [0.29, 0.717) is 28.9 Å². The maximum absolute atomic E-state index is 12.2. The van der Waals surface area contributed by atoms with Gasteiger partial charge in [0.05, 0.1) is 23.7 Å². The summed E-state index contributed by atoms with van der Waals surface area (Å²) in [5, 5.41) is 24.7. The van der Waals surface area contributed by atoms with Gasteiger partial charge in [0.1, 0.15) is 17.1 Å². The first-order valence-corrected chi connectivity index (χ1v) is 20.1. The Hall–Kier alpha value is -7.85. The van der Waals surface area contributed by atoms with E-state index in [1.54, 1.807) is 74.5 Å². The van der Waals surface area contributed by atoms with E-state index in [4.69, 9.17) is 10.3 Å². The minimum atomic E-state index is -0.157. The largest absolute Gasteiger partial charge is 0.465 e. The molecule has 0 saturated heterocycles. The molecule has 1 aliphatic heterocycles. The number of furan rings is 1. The van der Waals surface area contributed by atoms with E-state index in [2.05, 4.69) is 68.8 Å². The molecule has 0 aliphatic carbocycles. The second-order valence-corrected chi connectivity index (χ2v) is 14.8. The first-order valence-electron chi connectivity index (χ1n) is 19.2. The third kappa shape index (κ3) is 10.4. The normalized spacial score (nSPS) is 13.6. The number of hydrazone groups is 1. The van der Waals surface area contributed by atoms with Crippen molar-refractivity contribution in [2.24, 2.45) is 19.2 Å². The fraction of sp³-hybridized carbons (Fsp3) is 0.133. The molecule has 0 spiro atoms. The van der Waals surface area contributed by atoms with Gasteiger partial charge >= 0.3 is 0 Å². The Labute approximate surface area is 356 Å². The van der Waals surface area contributed by atoms with Crippen LogP contribution in [0.3, 0.4) is 0 Å². The first-order chi connectivity index (χ1) is 29.6. The zero-order chi connectivity index (χ0) is 42.7. The molecule has 1 aliphatic rings. The zero-order valence-electron chi connectivity index (χ0n) is 34.0. The van der Waals surface area contributed by atoms with Crippen molar-refractivity contribution in [1.29, 1.82) is 0 Å². The highest BCUT2D eigenvalue weighted by Crippen LogP contribution is 2.21. The molecule has 1 unspecified atom stereocenters. The molecule has 308 valence electrons. The zero-order valence-corrected chi connectivity index (χ0v) is 34.8. The van der Waals surface area contributed by atoms with Crippen LogP contribution in [0.4, 0.5) is 5.95 Å². The average molecular weight is 833 g/mol. The number of anilines is 1. The number of thiophene rings is 1. The van der Waals surface area contributed by atoms with Crippen LogP contribution in [-0.2, 0) is 14.1 Å². The number of nitrogens with zero attached hydrogens (tertiary/aromatic N) is 11. The van der Waals surface area contributed by atoms with Crippen LogP contribution in [0.2, 0.25) is 0 Å². The number of carbonyl (C=O) groups excluding carboxylic acids is 2. The average Bonchev–Trinajstić information content (AvgIpc) is 4.10. The lowest BCUT2D eigenvalue weighted by Crippen LogP contribution is -2.29. The molecule has 15 nitrogen and oxygen atoms in total. The highest BCUT2D eigenvalue weighted by molar-refractivity contribution is 7.10. The summed E-state index contributed by atoms with van der Waals surface area (Å²) in [6.45, 7) is 3.90. The standard InChI is InChI=1S/C15H18N6.C15H13N3O2.C15H13N3OS/c1-11-4-3-5-13(10-11)6-7-14-8-9-17-21(14)15-19-18-12(2)20(15)16;2*1-17-9-2-5-14(17)15(19)18-10-8-12(16-18)6-7-13-4-3-11-20-13/h3-7,9-10,14H,8,16H2,1-2H3;2*2-11H,1H3/b3*7-6+. The Kier molecular flexibility index (Phi) is 13.0. The van der Waals surface area contributed by atoms with E-state index < -0.39 is 0 Å². The molecule has 16 heteroatoms. The van der Waals surface area contributed by atoms with E-state index in [-0.39, 0.29) is 17.9 Å². The predicted octanol–water partition coefficient (Wildman–Crippen LogP) is 7.70. The summed E-state index contributed by atoms with van der Waals surface area (Å²) in [6, 6.07) is 27.0. The maximum atomic E-state index is 12.2. The number of hydrogen-bond donors (Lipinski definition) is 1. The van der Waals surface area contributed by atoms with Gasteiger partial charge in [-0.15, -0.1) is 21.5 Å². The molecule has 0 saturated carbocycles. The smallest absolute Gasteiger partial charge is 0.294 e. The molecular formula is C45H44N12O3S. The van der Waals surface area contributed by atoms with Crippen LogP contribution in [0, 0.1) is 13.8 Å². The highest BCUT2D eigenvalue weighted by atomic mass is 32.1. The second kappa shape index (κ2) is 19.3. The minimum absolute atomic E-state index is 0.108. The van der Waals surface area contributed by atoms with E-state index in [0.717, 1.165) is 22.8 Å². The van der Waals surface area contributed by atoms with Crippen molar-refractivity contribution >= 4 is 65.7 Å². The van der Waals surface area contributed by atoms with Crippen LogP contribution in [0.1, 0.15) is 66.4 Å². The molecule has 8 heterocycles. The second-order valence-electron chi connectivity index (χ2n) is 13.8. The van der Waals surface area contributed by atoms with Crippen LogP contribution in [-0.4, -0.2) is 67.6 Å². The molecule has 1 aromatic carbocycles. The number of carbonyl (C=O) groups is 2. The molecule has 8 aromatic rings. The van der Waals surface area contributed by atoms with Crippen LogP contribution in [0.15, 0.2) is 137 Å². The number of hydrogen-bond acceptors (Lipinski definition) is 11. The lowest BCUT2D eigenvalue weighted by atomic mass is 10.1. The molecule has 1 atom stereocenters. The molecule has 61 heavy (non-hydrogen) atoms. The Morgan fingerprint density at radius 1 is 0.754 bits per heavy atom. The highest BCUT2D eigenvalue weighted by Gasteiger charge is 2.25. The third-order valence-corrected chi connectivity index (χ3v) is 10.2. The molecule has 0 fully saturated rings. The molecule has 0 bridgehead atoms. The van der Waals surface area contributed by atoms with Crippen molar-refractivity contribution < 1.29 is 14.0 Å². The lowest BCUT2D eigenvalue weighted by molar-refractivity contribution is 0.0929. The summed E-state index contributed by atoms with van der Waals surface area (Å²) < 4.78 is 12.9. The number of aryl methyl sites for hydroxylation is 4. The molecular weight excluding hydrogens is 789 g/mol. The van der Waals surface area contributed by atoms with Crippen molar-refractivity contribution in [3.8, 4) is 0 Å². The summed E-state index contributed by atoms with van der Waals surface area (Å²) in [4.78, 5) is 25.6. The Morgan fingerprint density at radius 3 is 2.00 bits per heavy atom. The fourth-order valence-electron chi connectivity index (χ4n) is 6.09. The van der Waals surface area contributed by atoms with Crippen molar-refractivity contribution in [3.63, 3.8) is 0 Å². The molecule has 9 rings (SSSR count). The predicted molar refractivity (Wildman–Crippen MR) is 240 cm³/mol. The van der Waals surface area contributed by atoms with Gasteiger partial charge in [0.25, 0.3) is 17.8 Å². The minimum Gasteiger partial charge on any atom is -0.465 e. The maximum Gasteiger partial charge on any atom is 0.294 e. The van der Waals surface area contributed by atoms with Crippen molar-refractivity contribution in [2.45, 2.75) is 26.3 Å². The van der Waals surface area contributed by atoms with Gasteiger partial charge in [-0.05, 0) is 104 Å². The van der Waals surface area contributed by atoms with E-state index in [9.17, 15) is 9.59 Å². The van der Waals surface area contributed by atoms with Gasteiger partial charge in [0.15, 0.2) is 5.82 Å². The van der Waals surface area contributed by atoms with Crippen molar-refractivity contribution in [1.82, 2.24) is 43.6 Å². The van der Waals surface area contributed by atoms with E-state index in [1.807, 2.05) is 99.6 Å². The van der Waals surface area contributed by atoms with Gasteiger partial charge in [-0.1, -0.05) is 48.0 Å². The number of nitrogens with two attached hydrogens (primary N) is 1. The first kappa shape index (κ1) is 41.3. The van der Waals surface area contributed by atoms with E-state index >= 15 is 0 Å². The summed E-state index contributed by atoms with van der Waals surface area (Å²) in [6.07, 6.45) is 23.0. The molecule has 2 N–H and O–H groups in total. The van der Waals surface area contributed by atoms with Crippen LogP contribution < -0.4 is 10.9 Å². The van der Waals surface area contributed by atoms with Crippen LogP contribution in [0.25, 0.3) is 30.4 Å². The van der Waals surface area contributed by atoms with Gasteiger partial charge in [0, 0.05) is 56.4 Å². The Morgan fingerprint density at radius 2 is 1.44 bits per heavy atom. The monoisotopic (exact) mass is 832 g/mol. The number of benzene rings is 1. The van der Waals surface area contributed by atoms with Crippen LogP contribution in [0.5, 0.6) is 0 Å². The molecule has 0 amide bonds. The summed E-state index contributed by atoms with van der Waals surface area (Å²) in [5.74, 6) is 7.60. The molecule has 0 radical (unpaired) electrons. The Bertz CT molecular complexity index is 2680. The van der Waals surface area contributed by atoms with Gasteiger partial charge in [0.2, 0.25) is 0 Å². The van der Waals surface area contributed by atoms with Gasteiger partial charge in [-0.3, -0.25) is 9.59 Å².